The maximum absolute atomic E-state index is 3.62. The monoisotopic (exact) mass is 217 g/mol. The van der Waals surface area contributed by atoms with Crippen LogP contribution in [0.2, 0.25) is 0 Å². The highest BCUT2D eigenvalue weighted by molar-refractivity contribution is 5.21. The molecule has 88 valence electrons. The predicted molar refractivity (Wildman–Crippen MR) is 69.7 cm³/mol. The molecule has 0 aliphatic heterocycles. The first-order valence-corrected chi connectivity index (χ1v) is 6.53. The van der Waals surface area contributed by atoms with Crippen molar-refractivity contribution in [3.63, 3.8) is 0 Å². The fraction of sp³-hybridized carbons (Fsp3) is 0.600. The van der Waals surface area contributed by atoms with Crippen LogP contribution in [0.3, 0.4) is 0 Å². The number of nitrogens with one attached hydrogen (secondary N) is 1. The van der Waals surface area contributed by atoms with Gasteiger partial charge < -0.3 is 5.32 Å². The fourth-order valence-corrected chi connectivity index (χ4v) is 2.09. The molecule has 1 aliphatic carbocycles. The van der Waals surface area contributed by atoms with Crippen molar-refractivity contribution >= 4 is 0 Å². The first-order chi connectivity index (χ1) is 7.74. The second-order valence-electron chi connectivity index (χ2n) is 5.28. The van der Waals surface area contributed by atoms with Gasteiger partial charge in [-0.2, -0.15) is 0 Å². The summed E-state index contributed by atoms with van der Waals surface area (Å²) in [6, 6.07) is 9.49. The third-order valence-electron chi connectivity index (χ3n) is 3.40. The summed E-state index contributed by atoms with van der Waals surface area (Å²) in [5.74, 6) is 1.04. The van der Waals surface area contributed by atoms with E-state index in [4.69, 9.17) is 0 Å². The Bertz CT molecular complexity index is 311. The second kappa shape index (κ2) is 5.49. The van der Waals surface area contributed by atoms with Crippen LogP contribution < -0.4 is 5.32 Å². The van der Waals surface area contributed by atoms with Crippen molar-refractivity contribution < 1.29 is 0 Å². The van der Waals surface area contributed by atoms with Gasteiger partial charge in [-0.1, -0.05) is 42.7 Å². The van der Waals surface area contributed by atoms with Crippen LogP contribution in [-0.4, -0.2) is 12.6 Å². The second-order valence-corrected chi connectivity index (χ2v) is 5.28. The van der Waals surface area contributed by atoms with Gasteiger partial charge in [0, 0.05) is 6.04 Å². The molecule has 1 atom stereocenters. The average molecular weight is 217 g/mol. The molecule has 0 radical (unpaired) electrons. The smallest absolute Gasteiger partial charge is 0.00791 e. The van der Waals surface area contributed by atoms with E-state index in [0.29, 0.717) is 6.04 Å². The van der Waals surface area contributed by atoms with Crippen LogP contribution in [0.25, 0.3) is 0 Å². The quantitative estimate of drug-likeness (QED) is 0.771. The zero-order chi connectivity index (χ0) is 11.4. The summed E-state index contributed by atoms with van der Waals surface area (Å²) < 4.78 is 0. The van der Waals surface area contributed by atoms with Crippen LogP contribution in [0.5, 0.6) is 0 Å². The maximum atomic E-state index is 3.62. The first-order valence-electron chi connectivity index (χ1n) is 6.53. The lowest BCUT2D eigenvalue weighted by atomic mass is 10.1. The molecule has 1 unspecified atom stereocenters. The summed E-state index contributed by atoms with van der Waals surface area (Å²) in [4.78, 5) is 0. The summed E-state index contributed by atoms with van der Waals surface area (Å²) in [5, 5.41) is 3.62. The van der Waals surface area contributed by atoms with Crippen LogP contribution in [0.1, 0.15) is 37.3 Å². The van der Waals surface area contributed by atoms with Crippen molar-refractivity contribution in [3.05, 3.63) is 35.4 Å². The molecule has 0 heterocycles. The van der Waals surface area contributed by atoms with E-state index in [1.54, 1.807) is 0 Å². The molecule has 1 N–H and O–H groups in total. The number of hydrogen-bond acceptors (Lipinski definition) is 1. The lowest BCUT2D eigenvalue weighted by Crippen LogP contribution is -2.29. The summed E-state index contributed by atoms with van der Waals surface area (Å²) in [7, 11) is 0. The molecule has 1 aliphatic rings. The molecule has 1 heteroatoms. The molecule has 1 aromatic carbocycles. The molecular formula is C15H23N. The summed E-state index contributed by atoms with van der Waals surface area (Å²) in [6.07, 6.45) is 5.45. The number of aryl methyl sites for hydroxylation is 1. The molecular weight excluding hydrogens is 194 g/mol. The van der Waals surface area contributed by atoms with Crippen molar-refractivity contribution in [2.75, 3.05) is 6.54 Å². The van der Waals surface area contributed by atoms with E-state index in [9.17, 15) is 0 Å². The van der Waals surface area contributed by atoms with Gasteiger partial charge in [-0.05, 0) is 44.7 Å². The Balaban J connectivity index is 1.68. The SMILES string of the molecule is Cc1ccc(CC(C)NCCC2CC2)cc1. The van der Waals surface area contributed by atoms with Crippen LogP contribution in [0.4, 0.5) is 0 Å². The molecule has 0 saturated heterocycles. The third kappa shape index (κ3) is 3.97. The fourth-order valence-electron chi connectivity index (χ4n) is 2.09. The van der Waals surface area contributed by atoms with Crippen LogP contribution in [0, 0.1) is 12.8 Å². The minimum Gasteiger partial charge on any atom is -0.314 e. The van der Waals surface area contributed by atoms with Crippen LogP contribution >= 0.6 is 0 Å². The molecule has 0 spiro atoms. The van der Waals surface area contributed by atoms with E-state index >= 15 is 0 Å². The molecule has 0 aromatic heterocycles. The highest BCUT2D eigenvalue weighted by Gasteiger charge is 2.20. The van der Waals surface area contributed by atoms with Gasteiger partial charge >= 0.3 is 0 Å². The van der Waals surface area contributed by atoms with Gasteiger partial charge in [0.15, 0.2) is 0 Å². The lowest BCUT2D eigenvalue weighted by Gasteiger charge is -2.13. The largest absolute Gasteiger partial charge is 0.314 e. The molecule has 2 rings (SSSR count). The molecule has 1 saturated carbocycles. The van der Waals surface area contributed by atoms with Crippen LogP contribution in [0.15, 0.2) is 24.3 Å². The lowest BCUT2D eigenvalue weighted by molar-refractivity contribution is 0.519. The maximum Gasteiger partial charge on any atom is 0.00791 e. The Morgan fingerprint density at radius 3 is 2.56 bits per heavy atom. The standard InChI is InChI=1S/C15H23N/c1-12-3-5-15(6-4-12)11-13(2)16-10-9-14-7-8-14/h3-6,13-14,16H,7-11H2,1-2H3. The molecule has 1 fully saturated rings. The molecule has 16 heavy (non-hydrogen) atoms. The van der Waals surface area contributed by atoms with E-state index in [0.717, 1.165) is 12.3 Å². The molecule has 0 bridgehead atoms. The number of hydrogen-bond donors (Lipinski definition) is 1. The van der Waals surface area contributed by atoms with Crippen LogP contribution in [-0.2, 0) is 6.42 Å². The van der Waals surface area contributed by atoms with E-state index in [1.807, 2.05) is 0 Å². The summed E-state index contributed by atoms with van der Waals surface area (Å²) in [5.41, 5.74) is 2.79. The highest BCUT2D eigenvalue weighted by atomic mass is 14.9. The Morgan fingerprint density at radius 2 is 1.94 bits per heavy atom. The Morgan fingerprint density at radius 1 is 1.25 bits per heavy atom. The van der Waals surface area contributed by atoms with Gasteiger partial charge in [-0.3, -0.25) is 0 Å². The van der Waals surface area contributed by atoms with E-state index in [2.05, 4.69) is 43.4 Å². The minimum absolute atomic E-state index is 0.599. The van der Waals surface area contributed by atoms with E-state index in [-0.39, 0.29) is 0 Å². The van der Waals surface area contributed by atoms with Crippen molar-refractivity contribution in [1.29, 1.82) is 0 Å². The van der Waals surface area contributed by atoms with Crippen molar-refractivity contribution in [2.45, 2.75) is 45.6 Å². The van der Waals surface area contributed by atoms with Crippen molar-refractivity contribution in [2.24, 2.45) is 5.92 Å². The van der Waals surface area contributed by atoms with Crippen molar-refractivity contribution in [1.82, 2.24) is 5.32 Å². The number of rotatable bonds is 6. The highest BCUT2D eigenvalue weighted by Crippen LogP contribution is 2.31. The molecule has 0 amide bonds. The predicted octanol–water partition coefficient (Wildman–Crippen LogP) is 3.32. The summed E-state index contributed by atoms with van der Waals surface area (Å²) >= 11 is 0. The average Bonchev–Trinajstić information content (AvgIpc) is 3.05. The first kappa shape index (κ1) is 11.7. The Hall–Kier alpha value is -0.820. The molecule has 1 nitrogen and oxygen atoms in total. The third-order valence-corrected chi connectivity index (χ3v) is 3.40. The summed E-state index contributed by atoms with van der Waals surface area (Å²) in [6.45, 7) is 5.62. The van der Waals surface area contributed by atoms with E-state index < -0.39 is 0 Å². The minimum atomic E-state index is 0.599. The van der Waals surface area contributed by atoms with Crippen molar-refractivity contribution in [3.8, 4) is 0 Å². The zero-order valence-corrected chi connectivity index (χ0v) is 10.5. The Labute approximate surface area is 99.3 Å². The molecule has 1 aromatic rings. The zero-order valence-electron chi connectivity index (χ0n) is 10.5. The van der Waals surface area contributed by atoms with Gasteiger partial charge in [-0.15, -0.1) is 0 Å². The number of benzene rings is 1. The Kier molecular flexibility index (Phi) is 4.00. The van der Waals surface area contributed by atoms with Gasteiger partial charge in [-0.25, -0.2) is 0 Å². The van der Waals surface area contributed by atoms with E-state index in [1.165, 1.54) is 36.9 Å². The topological polar surface area (TPSA) is 12.0 Å². The van der Waals surface area contributed by atoms with Gasteiger partial charge in [0.1, 0.15) is 0 Å². The normalized spacial score (nSPS) is 17.4. The van der Waals surface area contributed by atoms with Gasteiger partial charge in [0.2, 0.25) is 0 Å². The van der Waals surface area contributed by atoms with Gasteiger partial charge in [0.25, 0.3) is 0 Å². The van der Waals surface area contributed by atoms with Gasteiger partial charge in [0.05, 0.1) is 0 Å².